The highest BCUT2D eigenvalue weighted by Gasteiger charge is 2.31. The molecule has 0 unspecified atom stereocenters. The van der Waals surface area contributed by atoms with E-state index in [9.17, 15) is 9.59 Å². The average molecular weight is 456 g/mol. The number of para-hydroxylation sites is 1. The minimum Gasteiger partial charge on any atom is -0.467 e. The van der Waals surface area contributed by atoms with E-state index >= 15 is 0 Å². The van der Waals surface area contributed by atoms with E-state index in [2.05, 4.69) is 5.32 Å². The van der Waals surface area contributed by atoms with Crippen LogP contribution in [-0.4, -0.2) is 45.9 Å². The molecule has 0 spiro atoms. The maximum Gasteiger partial charge on any atom is 0.266 e. The molecule has 3 heterocycles. The summed E-state index contributed by atoms with van der Waals surface area (Å²) in [4.78, 5) is 27.3. The monoisotopic (exact) mass is 455 g/mol. The van der Waals surface area contributed by atoms with Crippen LogP contribution in [0.1, 0.15) is 11.3 Å². The Morgan fingerprint density at radius 2 is 2.13 bits per heavy atom. The van der Waals surface area contributed by atoms with Crippen molar-refractivity contribution in [2.24, 2.45) is 0 Å². The van der Waals surface area contributed by atoms with Gasteiger partial charge in [-0.15, -0.1) is 0 Å². The lowest BCUT2D eigenvalue weighted by Crippen LogP contribution is -2.31. The summed E-state index contributed by atoms with van der Waals surface area (Å²) in [5.74, 6) is 0.441. The molecule has 0 atom stereocenters. The van der Waals surface area contributed by atoms with Gasteiger partial charge in [0.05, 0.1) is 30.9 Å². The first kappa shape index (κ1) is 21.4. The molecule has 0 saturated carbocycles. The Morgan fingerprint density at radius 3 is 2.90 bits per heavy atom. The zero-order chi connectivity index (χ0) is 21.8. The van der Waals surface area contributed by atoms with Crippen LogP contribution in [0.5, 0.6) is 0 Å². The third-order valence-corrected chi connectivity index (χ3v) is 6.23. The molecule has 0 bridgehead atoms. The number of amides is 2. The molecule has 0 aliphatic carbocycles. The smallest absolute Gasteiger partial charge is 0.266 e. The van der Waals surface area contributed by atoms with Crippen molar-refractivity contribution < 1.29 is 18.7 Å². The van der Waals surface area contributed by atoms with Crippen LogP contribution < -0.4 is 5.32 Å². The lowest BCUT2D eigenvalue weighted by molar-refractivity contribution is -0.123. The van der Waals surface area contributed by atoms with Crippen LogP contribution in [0, 0.1) is 0 Å². The first-order valence-corrected chi connectivity index (χ1v) is 10.9. The van der Waals surface area contributed by atoms with Crippen LogP contribution in [-0.2, 0) is 27.4 Å². The van der Waals surface area contributed by atoms with Gasteiger partial charge in [-0.05, 0) is 24.3 Å². The van der Waals surface area contributed by atoms with Crippen molar-refractivity contribution in [2.75, 3.05) is 20.3 Å². The molecule has 3 aromatic rings. The van der Waals surface area contributed by atoms with Gasteiger partial charge < -0.3 is 19.0 Å². The normalized spacial score (nSPS) is 15.4. The topological polar surface area (TPSA) is 76.7 Å². The number of aromatic nitrogens is 1. The second-order valence-electron chi connectivity index (χ2n) is 6.91. The molecule has 2 amide bonds. The van der Waals surface area contributed by atoms with E-state index in [1.54, 1.807) is 24.3 Å². The second kappa shape index (κ2) is 9.51. The van der Waals surface area contributed by atoms with Crippen LogP contribution >= 0.6 is 24.0 Å². The Kier molecular flexibility index (Phi) is 6.55. The van der Waals surface area contributed by atoms with Crippen molar-refractivity contribution in [1.29, 1.82) is 0 Å². The van der Waals surface area contributed by atoms with Crippen LogP contribution in [0.25, 0.3) is 17.0 Å². The fraction of sp³-hybridized carbons (Fsp3) is 0.227. The van der Waals surface area contributed by atoms with Crippen LogP contribution in [0.15, 0.2) is 58.2 Å². The van der Waals surface area contributed by atoms with E-state index in [1.807, 2.05) is 47.2 Å². The van der Waals surface area contributed by atoms with Crippen molar-refractivity contribution in [3.8, 4) is 0 Å². The van der Waals surface area contributed by atoms with Gasteiger partial charge in [0.15, 0.2) is 0 Å². The zero-order valence-electron chi connectivity index (χ0n) is 16.9. The Bertz CT molecular complexity index is 1150. The number of carbonyl (C=O) groups excluding carboxylic acids is 2. The Labute approximate surface area is 189 Å². The number of furan rings is 1. The second-order valence-corrected chi connectivity index (χ2v) is 8.59. The SMILES string of the molecule is COCCN1C(=O)/C(=C/c2cn(CC(=O)NCc3ccco3)c3ccccc23)SC1=S. The van der Waals surface area contributed by atoms with E-state index in [1.165, 1.54) is 11.8 Å². The van der Waals surface area contributed by atoms with Crippen molar-refractivity contribution >= 4 is 57.1 Å². The summed E-state index contributed by atoms with van der Waals surface area (Å²) in [6, 6.07) is 11.4. The summed E-state index contributed by atoms with van der Waals surface area (Å²) in [5.41, 5.74) is 1.78. The maximum absolute atomic E-state index is 12.8. The quantitative estimate of drug-likeness (QED) is 0.414. The predicted molar refractivity (Wildman–Crippen MR) is 124 cm³/mol. The molecule has 1 aliphatic rings. The lowest BCUT2D eigenvalue weighted by atomic mass is 10.1. The maximum atomic E-state index is 12.8. The van der Waals surface area contributed by atoms with Gasteiger partial charge in [-0.3, -0.25) is 14.5 Å². The fourth-order valence-corrected chi connectivity index (χ4v) is 4.65. The Balaban J connectivity index is 1.55. The van der Waals surface area contributed by atoms with Gasteiger partial charge in [-0.2, -0.15) is 0 Å². The minimum atomic E-state index is -0.130. The highest BCUT2D eigenvalue weighted by molar-refractivity contribution is 8.26. The van der Waals surface area contributed by atoms with Crippen LogP contribution in [0.4, 0.5) is 0 Å². The van der Waals surface area contributed by atoms with E-state index in [-0.39, 0.29) is 18.4 Å². The molecule has 1 N–H and O–H groups in total. The van der Waals surface area contributed by atoms with Crippen molar-refractivity contribution in [3.05, 3.63) is 65.1 Å². The number of hydrogen-bond donors (Lipinski definition) is 1. The van der Waals surface area contributed by atoms with Crippen molar-refractivity contribution in [1.82, 2.24) is 14.8 Å². The van der Waals surface area contributed by atoms with E-state index in [0.717, 1.165) is 16.5 Å². The first-order valence-electron chi connectivity index (χ1n) is 9.68. The van der Waals surface area contributed by atoms with Crippen LogP contribution in [0.3, 0.4) is 0 Å². The molecule has 1 saturated heterocycles. The summed E-state index contributed by atoms with van der Waals surface area (Å²) in [6.45, 7) is 1.34. The summed E-state index contributed by atoms with van der Waals surface area (Å²) in [7, 11) is 1.59. The third-order valence-electron chi connectivity index (χ3n) is 4.85. The number of carbonyl (C=O) groups is 2. The molecule has 160 valence electrons. The minimum absolute atomic E-state index is 0.125. The molecule has 9 heteroatoms. The molecule has 1 fully saturated rings. The van der Waals surface area contributed by atoms with Gasteiger partial charge in [0.1, 0.15) is 16.6 Å². The molecule has 4 rings (SSSR count). The molecule has 1 aliphatic heterocycles. The third kappa shape index (κ3) is 4.73. The summed E-state index contributed by atoms with van der Waals surface area (Å²) in [5, 5.41) is 3.82. The fourth-order valence-electron chi connectivity index (χ4n) is 3.35. The Hall–Kier alpha value is -2.88. The number of fused-ring (bicyclic) bond motifs is 1. The van der Waals surface area contributed by atoms with E-state index in [4.69, 9.17) is 21.4 Å². The number of nitrogens with one attached hydrogen (secondary N) is 1. The van der Waals surface area contributed by atoms with Gasteiger partial charge in [-0.1, -0.05) is 42.2 Å². The van der Waals surface area contributed by atoms with Gasteiger partial charge >= 0.3 is 0 Å². The zero-order valence-corrected chi connectivity index (χ0v) is 18.5. The van der Waals surface area contributed by atoms with Crippen LogP contribution in [0.2, 0.25) is 0 Å². The molecule has 2 aromatic heterocycles. The van der Waals surface area contributed by atoms with Crippen molar-refractivity contribution in [2.45, 2.75) is 13.1 Å². The van der Waals surface area contributed by atoms with Gasteiger partial charge in [0, 0.05) is 29.8 Å². The number of benzene rings is 1. The van der Waals surface area contributed by atoms with Gasteiger partial charge in [0.2, 0.25) is 5.91 Å². The molecular weight excluding hydrogens is 434 g/mol. The van der Waals surface area contributed by atoms with Gasteiger partial charge in [-0.25, -0.2) is 0 Å². The number of rotatable bonds is 8. The number of thioether (sulfide) groups is 1. The van der Waals surface area contributed by atoms with Crippen molar-refractivity contribution in [3.63, 3.8) is 0 Å². The summed E-state index contributed by atoms with van der Waals surface area (Å²) < 4.78 is 12.7. The van der Waals surface area contributed by atoms with Gasteiger partial charge in [0.25, 0.3) is 5.91 Å². The molecule has 7 nitrogen and oxygen atoms in total. The largest absolute Gasteiger partial charge is 0.467 e. The summed E-state index contributed by atoms with van der Waals surface area (Å²) in [6.07, 6.45) is 5.30. The summed E-state index contributed by atoms with van der Waals surface area (Å²) >= 11 is 6.63. The molecule has 1 aromatic carbocycles. The number of methoxy groups -OCH3 is 1. The predicted octanol–water partition coefficient (Wildman–Crippen LogP) is 3.40. The number of thiocarbonyl (C=S) groups is 1. The number of ether oxygens (including phenoxy) is 1. The lowest BCUT2D eigenvalue weighted by Gasteiger charge is -2.12. The molecule has 0 radical (unpaired) electrons. The van der Waals surface area contributed by atoms with E-state index < -0.39 is 0 Å². The first-order chi connectivity index (χ1) is 15.1. The average Bonchev–Trinajstić information content (AvgIpc) is 3.46. The molecule has 31 heavy (non-hydrogen) atoms. The standard InChI is InChI=1S/C22H21N3O4S2/c1-28-10-8-25-21(27)19(31-22(25)30)11-15-13-24(18-7-3-2-6-17(15)18)14-20(26)23-12-16-5-4-9-29-16/h2-7,9,11,13H,8,10,12,14H2,1H3,(H,23,26)/b19-11-. The number of nitrogens with zero attached hydrogens (tertiary/aromatic N) is 2. The highest BCUT2D eigenvalue weighted by atomic mass is 32.2. The highest BCUT2D eigenvalue weighted by Crippen LogP contribution is 2.34. The van der Waals surface area contributed by atoms with E-state index in [0.29, 0.717) is 34.7 Å². The number of hydrogen-bond acceptors (Lipinski definition) is 6. The Morgan fingerprint density at radius 1 is 1.29 bits per heavy atom. The molecular formula is C22H21N3O4S2.